The number of carbonyl (C=O) groups is 1. The molecule has 2 heterocycles. The smallest absolute Gasteiger partial charge is 0.226 e. The Bertz CT molecular complexity index is 801. The molecule has 122 valence electrons. The number of pyridine rings is 1. The van der Waals surface area contributed by atoms with E-state index in [0.29, 0.717) is 6.54 Å². The Hall–Kier alpha value is -2.73. The van der Waals surface area contributed by atoms with Crippen molar-refractivity contribution in [3.05, 3.63) is 65.4 Å². The van der Waals surface area contributed by atoms with Crippen LogP contribution in [0.5, 0.6) is 5.75 Å². The van der Waals surface area contributed by atoms with Gasteiger partial charge in [-0.1, -0.05) is 12.1 Å². The molecule has 24 heavy (non-hydrogen) atoms. The molecule has 1 amide bonds. The number of aromatic nitrogens is 2. The van der Waals surface area contributed by atoms with E-state index < -0.39 is 0 Å². The summed E-state index contributed by atoms with van der Waals surface area (Å²) in [6.45, 7) is 0.490. The van der Waals surface area contributed by atoms with E-state index in [9.17, 15) is 4.79 Å². The minimum Gasteiger partial charge on any atom is -0.497 e. The third-order valence-corrected chi connectivity index (χ3v) is 4.41. The molecule has 6 heteroatoms. The standard InChI is InChI=1S/C18H17N3O2S/c1-23-16-4-2-13(3-5-16)11-20-17(22)10-15-12-24-18(21-15)14-6-8-19-9-7-14/h2-9,12H,10-11H2,1H3,(H,20,22). The fourth-order valence-electron chi connectivity index (χ4n) is 2.19. The molecule has 2 aromatic heterocycles. The molecule has 0 aliphatic carbocycles. The Morgan fingerprint density at radius 1 is 1.17 bits per heavy atom. The number of ether oxygens (including phenoxy) is 1. The molecule has 0 atom stereocenters. The Labute approximate surface area is 144 Å². The van der Waals surface area contributed by atoms with E-state index in [2.05, 4.69) is 15.3 Å². The largest absolute Gasteiger partial charge is 0.497 e. The van der Waals surface area contributed by atoms with Gasteiger partial charge in [0.1, 0.15) is 10.8 Å². The van der Waals surface area contributed by atoms with Gasteiger partial charge in [-0.3, -0.25) is 9.78 Å². The van der Waals surface area contributed by atoms with Gasteiger partial charge < -0.3 is 10.1 Å². The molecule has 0 saturated carbocycles. The van der Waals surface area contributed by atoms with E-state index in [0.717, 1.165) is 27.6 Å². The first-order valence-electron chi connectivity index (χ1n) is 7.49. The van der Waals surface area contributed by atoms with Crippen molar-refractivity contribution in [3.63, 3.8) is 0 Å². The van der Waals surface area contributed by atoms with E-state index in [1.54, 1.807) is 19.5 Å². The maximum absolute atomic E-state index is 12.1. The predicted octanol–water partition coefficient (Wildman–Crippen LogP) is 3.07. The summed E-state index contributed by atoms with van der Waals surface area (Å²) in [7, 11) is 1.63. The Kier molecular flexibility index (Phi) is 5.18. The Morgan fingerprint density at radius 2 is 1.92 bits per heavy atom. The third-order valence-electron chi connectivity index (χ3n) is 3.47. The highest BCUT2D eigenvalue weighted by atomic mass is 32.1. The average molecular weight is 339 g/mol. The van der Waals surface area contributed by atoms with Gasteiger partial charge in [-0.05, 0) is 29.8 Å². The van der Waals surface area contributed by atoms with Crippen molar-refractivity contribution >= 4 is 17.2 Å². The summed E-state index contributed by atoms with van der Waals surface area (Å²) in [5, 5.41) is 5.73. The fourth-order valence-corrected chi connectivity index (χ4v) is 3.01. The number of rotatable bonds is 6. The number of nitrogens with one attached hydrogen (secondary N) is 1. The molecule has 0 aliphatic rings. The van der Waals surface area contributed by atoms with Gasteiger partial charge >= 0.3 is 0 Å². The minimum absolute atomic E-state index is 0.0441. The van der Waals surface area contributed by atoms with Gasteiger partial charge in [0.2, 0.25) is 5.91 Å². The summed E-state index contributed by atoms with van der Waals surface area (Å²) in [4.78, 5) is 20.6. The van der Waals surface area contributed by atoms with Crippen LogP contribution in [0.2, 0.25) is 0 Å². The molecule has 0 radical (unpaired) electrons. The lowest BCUT2D eigenvalue weighted by Gasteiger charge is -2.05. The second kappa shape index (κ2) is 7.70. The van der Waals surface area contributed by atoms with Crippen molar-refractivity contribution in [1.82, 2.24) is 15.3 Å². The molecule has 0 bridgehead atoms. The van der Waals surface area contributed by atoms with Crippen LogP contribution in [0.3, 0.4) is 0 Å². The van der Waals surface area contributed by atoms with E-state index in [-0.39, 0.29) is 12.3 Å². The number of benzene rings is 1. The summed E-state index contributed by atoms with van der Waals surface area (Å²) in [5.74, 6) is 0.758. The molecule has 1 aromatic carbocycles. The first-order chi connectivity index (χ1) is 11.7. The number of amides is 1. The van der Waals surface area contributed by atoms with Crippen molar-refractivity contribution in [2.24, 2.45) is 0 Å². The zero-order chi connectivity index (χ0) is 16.8. The molecule has 0 spiro atoms. The lowest BCUT2D eigenvalue weighted by atomic mass is 10.2. The van der Waals surface area contributed by atoms with Gasteiger partial charge in [0, 0.05) is 29.9 Å². The van der Waals surface area contributed by atoms with E-state index >= 15 is 0 Å². The van der Waals surface area contributed by atoms with Gasteiger partial charge in [0.15, 0.2) is 0 Å². The lowest BCUT2D eigenvalue weighted by molar-refractivity contribution is -0.120. The predicted molar refractivity (Wildman–Crippen MR) is 93.9 cm³/mol. The molecular formula is C18H17N3O2S. The summed E-state index contributed by atoms with van der Waals surface area (Å²) >= 11 is 1.53. The SMILES string of the molecule is COc1ccc(CNC(=O)Cc2csc(-c3ccncc3)n2)cc1. The zero-order valence-corrected chi connectivity index (χ0v) is 14.0. The summed E-state index contributed by atoms with van der Waals surface area (Å²) in [6, 6.07) is 11.4. The number of carbonyl (C=O) groups excluding carboxylic acids is 1. The van der Waals surface area contributed by atoms with Gasteiger partial charge in [-0.15, -0.1) is 11.3 Å². The van der Waals surface area contributed by atoms with E-state index in [4.69, 9.17) is 4.74 Å². The summed E-state index contributed by atoms with van der Waals surface area (Å²) in [6.07, 6.45) is 3.74. The van der Waals surface area contributed by atoms with Crippen LogP contribution in [0.4, 0.5) is 0 Å². The van der Waals surface area contributed by atoms with E-state index in [1.807, 2.05) is 41.8 Å². The highest BCUT2D eigenvalue weighted by Gasteiger charge is 2.09. The van der Waals surface area contributed by atoms with Gasteiger partial charge in [0.25, 0.3) is 0 Å². The molecule has 5 nitrogen and oxygen atoms in total. The highest BCUT2D eigenvalue weighted by Crippen LogP contribution is 2.23. The average Bonchev–Trinajstić information content (AvgIpc) is 3.09. The summed E-state index contributed by atoms with van der Waals surface area (Å²) < 4.78 is 5.11. The maximum Gasteiger partial charge on any atom is 0.226 e. The number of nitrogens with zero attached hydrogens (tertiary/aromatic N) is 2. The first-order valence-corrected chi connectivity index (χ1v) is 8.37. The van der Waals surface area contributed by atoms with Crippen LogP contribution >= 0.6 is 11.3 Å². The minimum atomic E-state index is -0.0441. The normalized spacial score (nSPS) is 10.4. The third kappa shape index (κ3) is 4.17. The number of methoxy groups -OCH3 is 1. The van der Waals surface area contributed by atoms with Crippen molar-refractivity contribution in [2.45, 2.75) is 13.0 Å². The summed E-state index contributed by atoms with van der Waals surface area (Å²) in [5.41, 5.74) is 2.82. The van der Waals surface area contributed by atoms with Crippen LogP contribution in [-0.4, -0.2) is 23.0 Å². The van der Waals surface area contributed by atoms with Crippen LogP contribution in [-0.2, 0) is 17.8 Å². The molecule has 0 fully saturated rings. The Morgan fingerprint density at radius 3 is 2.62 bits per heavy atom. The molecule has 0 saturated heterocycles. The second-order valence-corrected chi connectivity index (χ2v) is 6.04. The first kappa shape index (κ1) is 16.1. The highest BCUT2D eigenvalue weighted by molar-refractivity contribution is 7.13. The molecular weight excluding hydrogens is 322 g/mol. The Balaban J connectivity index is 1.54. The quantitative estimate of drug-likeness (QED) is 0.750. The van der Waals surface area contributed by atoms with Crippen molar-refractivity contribution < 1.29 is 9.53 Å². The number of thiazole rings is 1. The number of hydrogen-bond donors (Lipinski definition) is 1. The van der Waals surface area contributed by atoms with E-state index in [1.165, 1.54) is 11.3 Å². The van der Waals surface area contributed by atoms with Crippen LogP contribution in [0, 0.1) is 0 Å². The van der Waals surface area contributed by atoms with Gasteiger partial charge in [-0.2, -0.15) is 0 Å². The van der Waals surface area contributed by atoms with Crippen LogP contribution in [0.15, 0.2) is 54.2 Å². The van der Waals surface area contributed by atoms with Crippen LogP contribution in [0.25, 0.3) is 10.6 Å². The fraction of sp³-hybridized carbons (Fsp3) is 0.167. The van der Waals surface area contributed by atoms with Crippen molar-refractivity contribution in [3.8, 4) is 16.3 Å². The lowest BCUT2D eigenvalue weighted by Crippen LogP contribution is -2.24. The monoisotopic (exact) mass is 339 g/mol. The topological polar surface area (TPSA) is 64.1 Å². The van der Waals surface area contributed by atoms with Crippen molar-refractivity contribution in [1.29, 1.82) is 0 Å². The van der Waals surface area contributed by atoms with Gasteiger partial charge in [-0.25, -0.2) is 4.98 Å². The molecule has 3 rings (SSSR count). The number of hydrogen-bond acceptors (Lipinski definition) is 5. The van der Waals surface area contributed by atoms with Gasteiger partial charge in [0.05, 0.1) is 19.2 Å². The molecule has 1 N–H and O–H groups in total. The molecule has 3 aromatic rings. The van der Waals surface area contributed by atoms with Crippen molar-refractivity contribution in [2.75, 3.05) is 7.11 Å². The molecule has 0 unspecified atom stereocenters. The van der Waals surface area contributed by atoms with Crippen LogP contribution in [0.1, 0.15) is 11.3 Å². The second-order valence-electron chi connectivity index (χ2n) is 5.18. The maximum atomic E-state index is 12.1. The zero-order valence-electron chi connectivity index (χ0n) is 13.2. The molecule has 0 aliphatic heterocycles. The van der Waals surface area contributed by atoms with Crippen LogP contribution < -0.4 is 10.1 Å².